The zero-order valence-electron chi connectivity index (χ0n) is 53.9. The average Bonchev–Trinajstić information content (AvgIpc) is 1.55. The lowest BCUT2D eigenvalue weighted by molar-refractivity contribution is 0.353. The fourth-order valence-electron chi connectivity index (χ4n) is 16.5. The third-order valence-electron chi connectivity index (χ3n) is 21.0. The maximum absolute atomic E-state index is 5.31. The largest absolute Gasteiger partial charge is 0.228 e. The van der Waals surface area contributed by atoms with E-state index in [-0.39, 0.29) is 10.8 Å². The number of nitrogens with zero attached hydrogens (tertiary/aromatic N) is 4. The van der Waals surface area contributed by atoms with Crippen molar-refractivity contribution in [2.24, 2.45) is 0 Å². The molecule has 2 heterocycles. The van der Waals surface area contributed by atoms with Gasteiger partial charge in [-0.3, -0.25) is 0 Å². The van der Waals surface area contributed by atoms with Gasteiger partial charge in [-0.2, -0.15) is 0 Å². The minimum absolute atomic E-state index is 0.0479. The van der Waals surface area contributed by atoms with Crippen LogP contribution in [0.15, 0.2) is 315 Å². The molecule has 0 N–H and O–H groups in total. The summed E-state index contributed by atoms with van der Waals surface area (Å²) < 4.78 is 0. The zero-order valence-corrected chi connectivity index (χ0v) is 53.9. The third kappa shape index (κ3) is 10.7. The normalized spacial score (nSPS) is 14.4. The van der Waals surface area contributed by atoms with Crippen molar-refractivity contribution in [1.82, 2.24) is 19.9 Å². The van der Waals surface area contributed by atoms with Crippen LogP contribution >= 0.6 is 0 Å². The van der Waals surface area contributed by atoms with Crippen molar-refractivity contribution in [1.29, 1.82) is 0 Å². The van der Waals surface area contributed by atoms with E-state index >= 15 is 0 Å². The van der Waals surface area contributed by atoms with Crippen molar-refractivity contribution < 1.29 is 0 Å². The van der Waals surface area contributed by atoms with Gasteiger partial charge in [0.2, 0.25) is 0 Å². The van der Waals surface area contributed by atoms with Crippen molar-refractivity contribution in [3.8, 4) is 135 Å². The minimum Gasteiger partial charge on any atom is -0.228 e. The Morgan fingerprint density at radius 3 is 0.906 bits per heavy atom. The van der Waals surface area contributed by atoms with Crippen LogP contribution in [0.3, 0.4) is 0 Å². The van der Waals surface area contributed by atoms with Gasteiger partial charge >= 0.3 is 0 Å². The Hall–Kier alpha value is -11.2. The van der Waals surface area contributed by atoms with Gasteiger partial charge in [-0.1, -0.05) is 342 Å². The van der Waals surface area contributed by atoms with Gasteiger partial charge in [0.05, 0.1) is 22.8 Å². The second-order valence-electron chi connectivity index (χ2n) is 26.5. The first kappa shape index (κ1) is 58.6. The SMILES string of the molecule is c1ccc(-c2ccc(-c3cc(-c4ccccc4)nc(-c4ccc(-c5cccc6c5C5(CCCCC5)c5ccccc5-6)cc4)n3)cc2)cc1.c1ccc(-c2ccc(-c3cc(-c4ccccc4)nc(-c4ccccc4-c4cccc5c4C4(CCCCC4)c4ccccc4-5)n3)cc2)cc1. The molecule has 12 aromatic carbocycles. The predicted molar refractivity (Wildman–Crippen MR) is 397 cm³/mol. The van der Waals surface area contributed by atoms with E-state index in [0.29, 0.717) is 0 Å². The summed E-state index contributed by atoms with van der Waals surface area (Å²) in [5, 5.41) is 0. The van der Waals surface area contributed by atoms with Crippen molar-refractivity contribution in [2.45, 2.75) is 75.0 Å². The van der Waals surface area contributed by atoms with Gasteiger partial charge in [0.25, 0.3) is 0 Å². The molecule has 0 bridgehead atoms. The molecule has 0 aliphatic heterocycles. The van der Waals surface area contributed by atoms with Crippen LogP contribution in [-0.2, 0) is 10.8 Å². The van der Waals surface area contributed by atoms with Gasteiger partial charge < -0.3 is 0 Å². The van der Waals surface area contributed by atoms with Gasteiger partial charge in [-0.25, -0.2) is 19.9 Å². The molecule has 4 heteroatoms. The van der Waals surface area contributed by atoms with E-state index < -0.39 is 0 Å². The van der Waals surface area contributed by atoms with E-state index in [0.717, 1.165) is 67.8 Å². The van der Waals surface area contributed by atoms with E-state index in [9.17, 15) is 0 Å². The molecule has 2 fully saturated rings. The van der Waals surface area contributed by atoms with Crippen molar-refractivity contribution in [2.75, 3.05) is 0 Å². The Bertz CT molecular complexity index is 5130. The summed E-state index contributed by atoms with van der Waals surface area (Å²) in [7, 11) is 0. The molecule has 4 nitrogen and oxygen atoms in total. The number of fused-ring (bicyclic) bond motifs is 10. The Morgan fingerprint density at radius 2 is 0.469 bits per heavy atom. The molecule has 4 aliphatic carbocycles. The Balaban J connectivity index is 0.000000145. The van der Waals surface area contributed by atoms with Crippen LogP contribution < -0.4 is 0 Å². The van der Waals surface area contributed by atoms with Crippen molar-refractivity contribution in [3.63, 3.8) is 0 Å². The lowest BCUT2D eigenvalue weighted by Crippen LogP contribution is -2.28. The number of hydrogen-bond acceptors (Lipinski definition) is 4. The maximum atomic E-state index is 5.31. The van der Waals surface area contributed by atoms with Gasteiger partial charge in [-0.05, 0) is 127 Å². The van der Waals surface area contributed by atoms with Crippen LogP contribution in [0.1, 0.15) is 86.5 Å². The summed E-state index contributed by atoms with van der Waals surface area (Å²) in [6.45, 7) is 0. The molecule has 2 saturated carbocycles. The van der Waals surface area contributed by atoms with Gasteiger partial charge in [0.1, 0.15) is 0 Å². The van der Waals surface area contributed by atoms with E-state index in [1.54, 1.807) is 0 Å². The molecule has 0 atom stereocenters. The maximum Gasteiger partial charge on any atom is 0.161 e. The van der Waals surface area contributed by atoms with Crippen LogP contribution in [0.2, 0.25) is 0 Å². The molecule has 0 radical (unpaired) electrons. The Morgan fingerprint density at radius 1 is 0.188 bits per heavy atom. The summed E-state index contributed by atoms with van der Waals surface area (Å²) in [5.41, 5.74) is 31.8. The Labute approximate surface area is 563 Å². The molecule has 4 aliphatic rings. The fraction of sp³-hybridized carbons (Fsp3) is 0.130. The molecule has 14 aromatic rings. The van der Waals surface area contributed by atoms with Crippen LogP contribution in [0.4, 0.5) is 0 Å². The quantitative estimate of drug-likeness (QED) is 0.137. The Kier molecular flexibility index (Phi) is 15.4. The molecule has 18 rings (SSSR count). The van der Waals surface area contributed by atoms with Crippen molar-refractivity contribution >= 4 is 0 Å². The first-order valence-corrected chi connectivity index (χ1v) is 34.4. The van der Waals surface area contributed by atoms with Gasteiger partial charge in [0, 0.05) is 44.2 Å². The lowest BCUT2D eigenvalue weighted by atomic mass is 9.66. The highest BCUT2D eigenvalue weighted by atomic mass is 14.9. The molecular weight excluding hydrogens is 1160 g/mol. The number of aromatic nitrogens is 4. The smallest absolute Gasteiger partial charge is 0.161 e. The summed E-state index contributed by atoms with van der Waals surface area (Å²) in [6, 6.07) is 113. The molecule has 0 amide bonds. The van der Waals surface area contributed by atoms with E-state index in [1.165, 1.54) is 153 Å². The standard InChI is InChI=1S/2C46H36N2/c1-4-15-32(16-5-1)33-25-27-35(28-26-33)43-31-42(34-17-6-2-7-18-34)47-45(48-43)40-21-9-8-19-36(40)38-22-14-23-39-37-20-10-11-24-41(37)46(44(38)39)29-12-3-13-30-46;1-4-13-32(14-5-1)33-21-25-36(26-22-33)43-31-42(35-15-6-2-7-16-35)47-45(48-43)37-27-23-34(24-28-37)38-18-12-19-40-39-17-8-9-20-41(39)46(44(38)40)29-10-3-11-30-46/h1-2,4-11,14-28,31H,3,12-13,29-30H2;1-2,4-9,12-28,31H,3,10-11,29-30H2. The first-order chi connectivity index (χ1) is 47.5. The molecule has 2 spiro atoms. The fourth-order valence-corrected chi connectivity index (χ4v) is 16.5. The number of rotatable bonds is 10. The monoisotopic (exact) mass is 1230 g/mol. The summed E-state index contributed by atoms with van der Waals surface area (Å²) in [6.07, 6.45) is 12.6. The summed E-state index contributed by atoms with van der Waals surface area (Å²) >= 11 is 0. The van der Waals surface area contributed by atoms with Gasteiger partial charge in [0.15, 0.2) is 11.6 Å². The number of hydrogen-bond donors (Lipinski definition) is 0. The highest BCUT2D eigenvalue weighted by Crippen LogP contribution is 2.60. The van der Waals surface area contributed by atoms with E-state index in [1.807, 2.05) is 6.07 Å². The highest BCUT2D eigenvalue weighted by molar-refractivity contribution is 5.93. The molecule has 0 unspecified atom stereocenters. The summed E-state index contributed by atoms with van der Waals surface area (Å²) in [5.74, 6) is 1.49. The third-order valence-corrected chi connectivity index (χ3v) is 21.0. The molecule has 0 saturated heterocycles. The highest BCUT2D eigenvalue weighted by Gasteiger charge is 2.47. The van der Waals surface area contributed by atoms with Crippen LogP contribution in [0.5, 0.6) is 0 Å². The second-order valence-corrected chi connectivity index (χ2v) is 26.5. The van der Waals surface area contributed by atoms with E-state index in [4.69, 9.17) is 19.9 Å². The molecular formula is C92H72N4. The van der Waals surface area contributed by atoms with E-state index in [2.05, 4.69) is 309 Å². The number of benzene rings is 12. The van der Waals surface area contributed by atoms with Crippen LogP contribution in [-0.4, -0.2) is 19.9 Å². The topological polar surface area (TPSA) is 51.6 Å². The first-order valence-electron chi connectivity index (χ1n) is 34.4. The van der Waals surface area contributed by atoms with Crippen LogP contribution in [0.25, 0.3) is 135 Å². The lowest BCUT2D eigenvalue weighted by Gasteiger charge is -2.37. The minimum atomic E-state index is 0.0479. The molecule has 460 valence electrons. The summed E-state index contributed by atoms with van der Waals surface area (Å²) in [4.78, 5) is 20.8. The van der Waals surface area contributed by atoms with Crippen LogP contribution in [0, 0.1) is 0 Å². The van der Waals surface area contributed by atoms with Gasteiger partial charge in [-0.15, -0.1) is 0 Å². The second kappa shape index (κ2) is 25.3. The molecule has 96 heavy (non-hydrogen) atoms. The molecule has 2 aromatic heterocycles. The zero-order chi connectivity index (χ0) is 63.8. The predicted octanol–water partition coefficient (Wildman–Crippen LogP) is 24.1. The average molecular weight is 1230 g/mol. The van der Waals surface area contributed by atoms with Crippen molar-refractivity contribution in [3.05, 3.63) is 338 Å².